The number of hydrogen-bond acceptors (Lipinski definition) is 2. The lowest BCUT2D eigenvalue weighted by Gasteiger charge is -2.48. The van der Waals surface area contributed by atoms with Crippen molar-refractivity contribution in [1.29, 1.82) is 0 Å². The van der Waals surface area contributed by atoms with Crippen LogP contribution >= 0.6 is 0 Å². The maximum absolute atomic E-state index is 5.96. The first-order chi connectivity index (χ1) is 5.68. The summed E-state index contributed by atoms with van der Waals surface area (Å²) in [5.41, 5.74) is 6.39. The summed E-state index contributed by atoms with van der Waals surface area (Å²) < 4.78 is 0. The van der Waals surface area contributed by atoms with Gasteiger partial charge < -0.3 is 10.6 Å². The lowest BCUT2D eigenvalue weighted by Crippen LogP contribution is -2.57. The number of nitrogens with two attached hydrogens (primary N) is 1. The first-order valence-electron chi connectivity index (χ1n) is 5.20. The van der Waals surface area contributed by atoms with Gasteiger partial charge in [-0.25, -0.2) is 0 Å². The molecule has 0 amide bonds. The SMILES string of the molecule is CC(C)(N)CN1CC(C(C)(C)C)C1. The van der Waals surface area contributed by atoms with Crippen LogP contribution in [-0.4, -0.2) is 30.1 Å². The lowest BCUT2D eigenvalue weighted by molar-refractivity contribution is 0.0133. The van der Waals surface area contributed by atoms with Crippen LogP contribution in [0.25, 0.3) is 0 Å². The van der Waals surface area contributed by atoms with Crippen LogP contribution in [0.2, 0.25) is 0 Å². The van der Waals surface area contributed by atoms with E-state index in [2.05, 4.69) is 39.5 Å². The van der Waals surface area contributed by atoms with Gasteiger partial charge >= 0.3 is 0 Å². The minimum Gasteiger partial charge on any atom is -0.324 e. The molecule has 0 aliphatic carbocycles. The van der Waals surface area contributed by atoms with Crippen molar-refractivity contribution >= 4 is 0 Å². The number of likely N-dealkylation sites (tertiary alicyclic amines) is 1. The summed E-state index contributed by atoms with van der Waals surface area (Å²) in [4.78, 5) is 2.45. The number of nitrogens with zero attached hydrogens (tertiary/aromatic N) is 1. The van der Waals surface area contributed by atoms with Crippen LogP contribution in [0.4, 0.5) is 0 Å². The highest BCUT2D eigenvalue weighted by Gasteiger charge is 2.36. The van der Waals surface area contributed by atoms with E-state index < -0.39 is 0 Å². The van der Waals surface area contributed by atoms with Crippen molar-refractivity contribution in [2.24, 2.45) is 17.1 Å². The van der Waals surface area contributed by atoms with Crippen LogP contribution in [0.5, 0.6) is 0 Å². The van der Waals surface area contributed by atoms with Crippen LogP contribution < -0.4 is 5.73 Å². The molecule has 2 nitrogen and oxygen atoms in total. The van der Waals surface area contributed by atoms with E-state index in [0.29, 0.717) is 5.41 Å². The highest BCUT2D eigenvalue weighted by Crippen LogP contribution is 2.33. The van der Waals surface area contributed by atoms with Gasteiger partial charge in [0.15, 0.2) is 0 Å². The Morgan fingerprint density at radius 1 is 1.15 bits per heavy atom. The largest absolute Gasteiger partial charge is 0.324 e. The van der Waals surface area contributed by atoms with Gasteiger partial charge in [-0.1, -0.05) is 20.8 Å². The fraction of sp³-hybridized carbons (Fsp3) is 1.00. The Morgan fingerprint density at radius 2 is 1.62 bits per heavy atom. The van der Waals surface area contributed by atoms with E-state index in [1.54, 1.807) is 0 Å². The van der Waals surface area contributed by atoms with Crippen molar-refractivity contribution in [2.75, 3.05) is 19.6 Å². The summed E-state index contributed by atoms with van der Waals surface area (Å²) in [6.07, 6.45) is 0. The molecule has 0 saturated carbocycles. The lowest BCUT2D eigenvalue weighted by atomic mass is 9.75. The smallest absolute Gasteiger partial charge is 0.0226 e. The third kappa shape index (κ3) is 3.28. The molecule has 0 spiro atoms. The molecule has 13 heavy (non-hydrogen) atoms. The molecule has 78 valence electrons. The fourth-order valence-corrected chi connectivity index (χ4v) is 1.82. The van der Waals surface area contributed by atoms with Gasteiger partial charge in [0, 0.05) is 25.2 Å². The summed E-state index contributed by atoms with van der Waals surface area (Å²) in [6, 6.07) is 0. The summed E-state index contributed by atoms with van der Waals surface area (Å²) in [7, 11) is 0. The third-order valence-electron chi connectivity index (χ3n) is 2.81. The fourth-order valence-electron chi connectivity index (χ4n) is 1.82. The third-order valence-corrected chi connectivity index (χ3v) is 2.81. The number of rotatable bonds is 2. The molecular formula is C11H24N2. The molecule has 0 aromatic carbocycles. The molecule has 0 atom stereocenters. The summed E-state index contributed by atoms with van der Waals surface area (Å²) in [6.45, 7) is 14.6. The first-order valence-corrected chi connectivity index (χ1v) is 5.20. The molecule has 1 heterocycles. The standard InChI is InChI=1S/C11H24N2/c1-10(2,3)9-6-13(7-9)8-11(4,5)12/h9H,6-8,12H2,1-5H3. The normalized spacial score (nSPS) is 21.7. The van der Waals surface area contributed by atoms with Crippen molar-refractivity contribution in [1.82, 2.24) is 4.90 Å². The highest BCUT2D eigenvalue weighted by molar-refractivity contribution is 4.91. The average molecular weight is 184 g/mol. The summed E-state index contributed by atoms with van der Waals surface area (Å²) in [5.74, 6) is 0.856. The quantitative estimate of drug-likeness (QED) is 0.708. The van der Waals surface area contributed by atoms with Crippen LogP contribution in [0.3, 0.4) is 0 Å². The zero-order valence-corrected chi connectivity index (χ0v) is 9.72. The molecule has 1 aliphatic heterocycles. The van der Waals surface area contributed by atoms with E-state index in [1.807, 2.05) is 0 Å². The van der Waals surface area contributed by atoms with Crippen molar-refractivity contribution in [3.63, 3.8) is 0 Å². The molecular weight excluding hydrogens is 160 g/mol. The highest BCUT2D eigenvalue weighted by atomic mass is 15.2. The van der Waals surface area contributed by atoms with Gasteiger partial charge in [0.1, 0.15) is 0 Å². The van der Waals surface area contributed by atoms with E-state index in [0.717, 1.165) is 12.5 Å². The molecule has 1 rings (SSSR count). The Kier molecular flexibility index (Phi) is 2.75. The Morgan fingerprint density at radius 3 is 1.92 bits per heavy atom. The molecule has 0 bridgehead atoms. The Labute approximate surface area is 82.5 Å². The van der Waals surface area contributed by atoms with E-state index in [4.69, 9.17) is 5.73 Å². The molecule has 1 saturated heterocycles. The second-order valence-corrected chi connectivity index (χ2v) is 6.25. The number of hydrogen-bond donors (Lipinski definition) is 1. The minimum absolute atomic E-state index is 0.0388. The van der Waals surface area contributed by atoms with Gasteiger partial charge in [0.2, 0.25) is 0 Å². The summed E-state index contributed by atoms with van der Waals surface area (Å²) in [5, 5.41) is 0. The van der Waals surface area contributed by atoms with Crippen molar-refractivity contribution in [3.05, 3.63) is 0 Å². The van der Waals surface area contributed by atoms with Crippen molar-refractivity contribution < 1.29 is 0 Å². The molecule has 0 aromatic heterocycles. The van der Waals surface area contributed by atoms with Gasteiger partial charge in [0.05, 0.1) is 0 Å². The Balaban J connectivity index is 2.27. The predicted octanol–water partition coefficient (Wildman–Crippen LogP) is 1.70. The Hall–Kier alpha value is -0.0800. The zero-order chi connectivity index (χ0) is 10.3. The van der Waals surface area contributed by atoms with Gasteiger partial charge in [-0.2, -0.15) is 0 Å². The van der Waals surface area contributed by atoms with Gasteiger partial charge in [-0.15, -0.1) is 0 Å². The van der Waals surface area contributed by atoms with Crippen LogP contribution in [-0.2, 0) is 0 Å². The predicted molar refractivity (Wildman–Crippen MR) is 57.7 cm³/mol. The molecule has 0 radical (unpaired) electrons. The maximum atomic E-state index is 5.96. The van der Waals surface area contributed by atoms with Crippen LogP contribution in [0.1, 0.15) is 34.6 Å². The monoisotopic (exact) mass is 184 g/mol. The van der Waals surface area contributed by atoms with Gasteiger partial charge in [-0.3, -0.25) is 0 Å². The summed E-state index contributed by atoms with van der Waals surface area (Å²) >= 11 is 0. The van der Waals surface area contributed by atoms with E-state index in [9.17, 15) is 0 Å². The molecule has 0 aromatic rings. The van der Waals surface area contributed by atoms with Crippen molar-refractivity contribution in [2.45, 2.75) is 40.2 Å². The average Bonchev–Trinajstić information content (AvgIpc) is 1.71. The van der Waals surface area contributed by atoms with Crippen molar-refractivity contribution in [3.8, 4) is 0 Å². The molecule has 1 fully saturated rings. The first kappa shape index (κ1) is 11.0. The van der Waals surface area contributed by atoms with Crippen LogP contribution in [0.15, 0.2) is 0 Å². The second kappa shape index (κ2) is 3.25. The Bertz CT molecular complexity index is 168. The second-order valence-electron chi connectivity index (χ2n) is 6.25. The van der Waals surface area contributed by atoms with E-state index >= 15 is 0 Å². The topological polar surface area (TPSA) is 29.3 Å². The van der Waals surface area contributed by atoms with E-state index in [-0.39, 0.29) is 5.54 Å². The van der Waals surface area contributed by atoms with Gasteiger partial charge in [-0.05, 0) is 25.2 Å². The maximum Gasteiger partial charge on any atom is 0.0226 e. The molecule has 2 heteroatoms. The minimum atomic E-state index is -0.0388. The molecule has 1 aliphatic rings. The molecule has 2 N–H and O–H groups in total. The molecule has 0 unspecified atom stereocenters. The van der Waals surface area contributed by atoms with Gasteiger partial charge in [0.25, 0.3) is 0 Å². The van der Waals surface area contributed by atoms with E-state index in [1.165, 1.54) is 13.1 Å². The zero-order valence-electron chi connectivity index (χ0n) is 9.72. The van der Waals surface area contributed by atoms with Crippen LogP contribution in [0, 0.1) is 11.3 Å².